The Morgan fingerprint density at radius 3 is 2.64 bits per heavy atom. The van der Waals surface area contributed by atoms with Gasteiger partial charge in [-0.15, -0.1) is 10.2 Å². The van der Waals surface area contributed by atoms with Crippen molar-refractivity contribution in [1.29, 1.82) is 0 Å². The summed E-state index contributed by atoms with van der Waals surface area (Å²) in [6.07, 6.45) is 3.04. The molecule has 6 heteroatoms. The monoisotopic (exact) mass is 315 g/mol. The van der Waals surface area contributed by atoms with E-state index in [1.165, 1.54) is 11.8 Å². The average molecular weight is 315 g/mol. The van der Waals surface area contributed by atoms with Crippen molar-refractivity contribution in [2.24, 2.45) is 0 Å². The van der Waals surface area contributed by atoms with Gasteiger partial charge in [-0.3, -0.25) is 9.36 Å². The first-order valence-electron chi connectivity index (χ1n) is 7.60. The van der Waals surface area contributed by atoms with E-state index < -0.39 is 0 Å². The van der Waals surface area contributed by atoms with Crippen molar-refractivity contribution < 1.29 is 9.53 Å². The van der Waals surface area contributed by atoms with E-state index in [2.05, 4.69) is 26.9 Å². The molecule has 0 amide bonds. The Kier molecular flexibility index (Phi) is 3.41. The van der Waals surface area contributed by atoms with Crippen molar-refractivity contribution in [3.8, 4) is 5.69 Å². The summed E-state index contributed by atoms with van der Waals surface area (Å²) in [7, 11) is 0. The van der Waals surface area contributed by atoms with Gasteiger partial charge >= 0.3 is 5.97 Å². The lowest BCUT2D eigenvalue weighted by molar-refractivity contribution is -0.140. The van der Waals surface area contributed by atoms with Crippen LogP contribution in [-0.4, -0.2) is 32.1 Å². The quantitative estimate of drug-likeness (QED) is 0.812. The number of benzene rings is 1. The number of cyclic esters (lactones) is 1. The Balaban J connectivity index is 1.69. The van der Waals surface area contributed by atoms with Crippen molar-refractivity contribution in [3.63, 3.8) is 0 Å². The number of hydrogen-bond donors (Lipinski definition) is 0. The summed E-state index contributed by atoms with van der Waals surface area (Å²) < 4.78 is 7.34. The van der Waals surface area contributed by atoms with Gasteiger partial charge in [0.15, 0.2) is 5.16 Å². The molecule has 1 saturated carbocycles. The predicted molar refractivity (Wildman–Crippen MR) is 83.2 cm³/mol. The Labute approximate surface area is 133 Å². The zero-order valence-electron chi connectivity index (χ0n) is 12.3. The second kappa shape index (κ2) is 5.43. The molecule has 0 bridgehead atoms. The number of esters is 1. The predicted octanol–water partition coefficient (Wildman–Crippen LogP) is 2.94. The van der Waals surface area contributed by atoms with Crippen LogP contribution >= 0.6 is 11.8 Å². The third-order valence-electron chi connectivity index (χ3n) is 3.99. The number of rotatable bonds is 4. The number of thioether (sulfide) groups is 1. The van der Waals surface area contributed by atoms with E-state index >= 15 is 0 Å². The summed E-state index contributed by atoms with van der Waals surface area (Å²) in [4.78, 5) is 11.9. The van der Waals surface area contributed by atoms with Crippen molar-refractivity contribution in [2.45, 2.75) is 48.6 Å². The third-order valence-corrected chi connectivity index (χ3v) is 5.13. The highest BCUT2D eigenvalue weighted by atomic mass is 32.2. The zero-order valence-corrected chi connectivity index (χ0v) is 13.1. The molecule has 2 aromatic rings. The fraction of sp³-hybridized carbons (Fsp3) is 0.438. The molecule has 0 spiro atoms. The van der Waals surface area contributed by atoms with Crippen LogP contribution in [0.2, 0.25) is 0 Å². The minimum Gasteiger partial charge on any atom is -0.462 e. The minimum absolute atomic E-state index is 0.0130. The van der Waals surface area contributed by atoms with Gasteiger partial charge in [0.2, 0.25) is 0 Å². The van der Waals surface area contributed by atoms with E-state index in [9.17, 15) is 4.79 Å². The van der Waals surface area contributed by atoms with Crippen molar-refractivity contribution >= 4 is 17.7 Å². The molecule has 1 aromatic heterocycles. The summed E-state index contributed by atoms with van der Waals surface area (Å²) in [6, 6.07) is 10.1. The number of para-hydroxylation sites is 1. The second-order valence-corrected chi connectivity index (χ2v) is 7.05. The summed E-state index contributed by atoms with van der Waals surface area (Å²) in [5.74, 6) is 1.36. The highest BCUT2D eigenvalue weighted by molar-refractivity contribution is 8.00. The maximum atomic E-state index is 11.9. The molecule has 2 atom stereocenters. The Morgan fingerprint density at radius 1 is 1.23 bits per heavy atom. The Bertz CT molecular complexity index is 697. The molecule has 0 N–H and O–H groups in total. The van der Waals surface area contributed by atoms with Crippen LogP contribution in [0.4, 0.5) is 0 Å². The Morgan fingerprint density at radius 2 is 2.00 bits per heavy atom. The van der Waals surface area contributed by atoms with E-state index in [1.54, 1.807) is 0 Å². The van der Waals surface area contributed by atoms with Crippen LogP contribution in [0.15, 0.2) is 35.5 Å². The third kappa shape index (κ3) is 2.52. The van der Waals surface area contributed by atoms with E-state index in [1.807, 2.05) is 25.1 Å². The molecule has 2 fully saturated rings. The molecule has 114 valence electrons. The van der Waals surface area contributed by atoms with Gasteiger partial charge in [0.1, 0.15) is 17.2 Å². The number of ether oxygens (including phenoxy) is 1. The number of aromatic nitrogens is 3. The number of nitrogens with zero attached hydrogens (tertiary/aromatic N) is 3. The molecular formula is C16H17N3O2S. The van der Waals surface area contributed by atoms with Gasteiger partial charge in [0, 0.05) is 18.0 Å². The van der Waals surface area contributed by atoms with Crippen LogP contribution in [0.5, 0.6) is 0 Å². The fourth-order valence-electron chi connectivity index (χ4n) is 2.73. The molecule has 0 radical (unpaired) electrons. The largest absolute Gasteiger partial charge is 0.462 e. The molecule has 1 aliphatic carbocycles. The van der Waals surface area contributed by atoms with E-state index in [-0.39, 0.29) is 17.3 Å². The van der Waals surface area contributed by atoms with E-state index in [0.717, 1.165) is 35.9 Å². The molecular weight excluding hydrogens is 298 g/mol. The molecule has 5 nitrogen and oxygen atoms in total. The van der Waals surface area contributed by atoms with Gasteiger partial charge in [-0.2, -0.15) is 0 Å². The van der Waals surface area contributed by atoms with Gasteiger partial charge in [0.25, 0.3) is 0 Å². The smallest absolute Gasteiger partial charge is 0.319 e. The van der Waals surface area contributed by atoms with Crippen molar-refractivity contribution in [1.82, 2.24) is 14.8 Å². The van der Waals surface area contributed by atoms with Crippen molar-refractivity contribution in [3.05, 3.63) is 36.2 Å². The first-order valence-corrected chi connectivity index (χ1v) is 8.48. The van der Waals surface area contributed by atoms with Gasteiger partial charge in [0.05, 0.1) is 0 Å². The van der Waals surface area contributed by atoms with Crippen LogP contribution in [0.3, 0.4) is 0 Å². The maximum absolute atomic E-state index is 11.9. The molecule has 4 rings (SSSR count). The lowest BCUT2D eigenvalue weighted by Crippen LogP contribution is -2.11. The Hall–Kier alpha value is -1.82. The molecule has 2 heterocycles. The summed E-state index contributed by atoms with van der Waals surface area (Å²) in [6.45, 7) is 1.93. The van der Waals surface area contributed by atoms with Gasteiger partial charge in [-0.1, -0.05) is 30.0 Å². The highest BCUT2D eigenvalue weighted by Gasteiger charge is 2.36. The molecule has 1 aromatic carbocycles. The topological polar surface area (TPSA) is 57.0 Å². The van der Waals surface area contributed by atoms with Crippen LogP contribution < -0.4 is 0 Å². The zero-order chi connectivity index (χ0) is 15.1. The van der Waals surface area contributed by atoms with Gasteiger partial charge in [-0.25, -0.2) is 0 Å². The molecule has 1 aliphatic heterocycles. The average Bonchev–Trinajstić information content (AvgIpc) is 3.20. The molecule has 0 unspecified atom stereocenters. The van der Waals surface area contributed by atoms with Crippen LogP contribution in [0.25, 0.3) is 5.69 Å². The SMILES string of the molecule is C[C@@H]1C[C@H](Sc2nnc(C3CC3)n2-c2ccccc2)C(=O)O1. The molecule has 2 aliphatic rings. The van der Waals surface area contributed by atoms with Crippen LogP contribution in [0, 0.1) is 0 Å². The van der Waals surface area contributed by atoms with E-state index in [0.29, 0.717) is 5.92 Å². The first-order chi connectivity index (χ1) is 10.7. The summed E-state index contributed by atoms with van der Waals surface area (Å²) in [5.41, 5.74) is 1.05. The fourth-order valence-corrected chi connectivity index (χ4v) is 3.89. The van der Waals surface area contributed by atoms with Crippen molar-refractivity contribution in [2.75, 3.05) is 0 Å². The maximum Gasteiger partial charge on any atom is 0.319 e. The van der Waals surface area contributed by atoms with Crippen LogP contribution in [0.1, 0.15) is 37.9 Å². The minimum atomic E-state index is -0.186. The van der Waals surface area contributed by atoms with Gasteiger partial charge in [-0.05, 0) is 31.9 Å². The second-order valence-electron chi connectivity index (χ2n) is 5.88. The molecule has 1 saturated heterocycles. The number of hydrogen-bond acceptors (Lipinski definition) is 5. The van der Waals surface area contributed by atoms with Gasteiger partial charge < -0.3 is 4.74 Å². The number of carbonyl (C=O) groups excluding carboxylic acids is 1. The summed E-state index contributed by atoms with van der Waals surface area (Å²) >= 11 is 1.47. The first kappa shape index (κ1) is 13.8. The van der Waals surface area contributed by atoms with Crippen LogP contribution in [-0.2, 0) is 9.53 Å². The lowest BCUT2D eigenvalue weighted by Gasteiger charge is -2.11. The summed E-state index contributed by atoms with van der Waals surface area (Å²) in [5, 5.41) is 9.32. The van der Waals surface area contributed by atoms with E-state index in [4.69, 9.17) is 4.74 Å². The normalized spacial score (nSPS) is 24.5. The molecule has 22 heavy (non-hydrogen) atoms. The highest BCUT2D eigenvalue weighted by Crippen LogP contribution is 2.42. The number of carbonyl (C=O) groups is 1. The lowest BCUT2D eigenvalue weighted by atomic mass is 10.3. The standard InChI is InChI=1S/C16H17N3O2S/c1-10-9-13(15(20)21-10)22-16-18-17-14(11-7-8-11)19(16)12-5-3-2-4-6-12/h2-6,10-11,13H,7-9H2,1H3/t10-,13+/m1/s1.